The number of anilines is 1. The highest BCUT2D eigenvalue weighted by Gasteiger charge is 2.32. The second-order valence-electron chi connectivity index (χ2n) is 2.97. The average Bonchev–Trinajstić information content (AvgIpc) is 2.17. The van der Waals surface area contributed by atoms with Crippen molar-refractivity contribution in [3.05, 3.63) is 23.9 Å². The molecular formula is C9H12F3N3. The van der Waals surface area contributed by atoms with Crippen LogP contribution in [0.3, 0.4) is 0 Å². The van der Waals surface area contributed by atoms with Crippen LogP contribution in [0.25, 0.3) is 0 Å². The van der Waals surface area contributed by atoms with Crippen LogP contribution >= 0.6 is 0 Å². The van der Waals surface area contributed by atoms with Gasteiger partial charge in [0.2, 0.25) is 0 Å². The Bertz CT molecular complexity index is 312. The summed E-state index contributed by atoms with van der Waals surface area (Å²) < 4.78 is 36.7. The van der Waals surface area contributed by atoms with E-state index in [-0.39, 0.29) is 5.82 Å². The van der Waals surface area contributed by atoms with Gasteiger partial charge in [-0.25, -0.2) is 4.98 Å². The zero-order valence-corrected chi connectivity index (χ0v) is 8.01. The molecule has 15 heavy (non-hydrogen) atoms. The summed E-state index contributed by atoms with van der Waals surface area (Å²) in [5, 5.41) is 2.77. The molecular weight excluding hydrogens is 207 g/mol. The predicted octanol–water partition coefficient (Wildman–Crippen LogP) is 1.86. The van der Waals surface area contributed by atoms with E-state index in [1.165, 1.54) is 12.1 Å². The lowest BCUT2D eigenvalue weighted by atomic mass is 10.3. The van der Waals surface area contributed by atoms with Crippen molar-refractivity contribution in [3.8, 4) is 0 Å². The number of nitrogens with two attached hydrogens (primary N) is 1. The Hall–Kier alpha value is -1.30. The lowest BCUT2D eigenvalue weighted by molar-refractivity contribution is -0.141. The van der Waals surface area contributed by atoms with E-state index in [9.17, 15) is 13.2 Å². The number of nitrogens with one attached hydrogen (secondary N) is 1. The first-order valence-electron chi connectivity index (χ1n) is 4.52. The Morgan fingerprint density at radius 3 is 2.67 bits per heavy atom. The van der Waals surface area contributed by atoms with E-state index >= 15 is 0 Å². The van der Waals surface area contributed by atoms with Gasteiger partial charge < -0.3 is 11.1 Å². The smallest absolute Gasteiger partial charge is 0.370 e. The molecule has 6 heteroatoms. The predicted molar refractivity (Wildman–Crippen MR) is 51.4 cm³/mol. The fourth-order valence-electron chi connectivity index (χ4n) is 1.01. The average molecular weight is 219 g/mol. The molecule has 1 aromatic rings. The third-order valence-corrected chi connectivity index (χ3v) is 1.73. The molecule has 0 radical (unpaired) electrons. The van der Waals surface area contributed by atoms with Gasteiger partial charge in [0.25, 0.3) is 0 Å². The summed E-state index contributed by atoms with van der Waals surface area (Å²) in [6.07, 6.45) is -3.70. The van der Waals surface area contributed by atoms with Crippen LogP contribution in [0.2, 0.25) is 0 Å². The molecule has 3 nitrogen and oxygen atoms in total. The number of hydrogen-bond donors (Lipinski definition) is 2. The van der Waals surface area contributed by atoms with E-state index in [1.54, 1.807) is 0 Å². The first-order chi connectivity index (χ1) is 7.04. The Labute approximate surface area is 85.5 Å². The molecule has 1 rings (SSSR count). The van der Waals surface area contributed by atoms with Gasteiger partial charge in [-0.3, -0.25) is 0 Å². The van der Waals surface area contributed by atoms with Gasteiger partial charge in [-0.15, -0.1) is 0 Å². The summed E-state index contributed by atoms with van der Waals surface area (Å²) in [7, 11) is 0. The molecule has 3 N–H and O–H groups in total. The van der Waals surface area contributed by atoms with Crippen LogP contribution < -0.4 is 11.1 Å². The minimum absolute atomic E-state index is 0.221. The van der Waals surface area contributed by atoms with Crippen LogP contribution in [0.1, 0.15) is 12.1 Å². The first-order valence-corrected chi connectivity index (χ1v) is 4.52. The van der Waals surface area contributed by atoms with E-state index in [4.69, 9.17) is 5.73 Å². The molecule has 0 saturated carbocycles. The van der Waals surface area contributed by atoms with Crippen molar-refractivity contribution in [1.82, 2.24) is 4.98 Å². The molecule has 84 valence electrons. The summed E-state index contributed by atoms with van der Waals surface area (Å²) in [6, 6.07) is 3.75. The number of hydrogen-bond acceptors (Lipinski definition) is 3. The van der Waals surface area contributed by atoms with Gasteiger partial charge in [0, 0.05) is 6.54 Å². The van der Waals surface area contributed by atoms with Crippen molar-refractivity contribution in [3.63, 3.8) is 0 Å². The standard InChI is InChI=1S/C9H12F3N3/c10-9(11,12)7-3-1-4-8(15-7)14-6-2-5-13/h1,3-4H,2,5-6,13H2,(H,14,15). The molecule has 0 saturated heterocycles. The number of aromatic nitrogens is 1. The SMILES string of the molecule is NCCCNc1cccc(C(F)(F)F)n1. The molecule has 0 atom stereocenters. The van der Waals surface area contributed by atoms with Crippen LogP contribution in [-0.4, -0.2) is 18.1 Å². The van der Waals surface area contributed by atoms with Gasteiger partial charge in [-0.1, -0.05) is 6.07 Å². The Kier molecular flexibility index (Phi) is 3.90. The first kappa shape index (κ1) is 11.8. The van der Waals surface area contributed by atoms with E-state index < -0.39 is 11.9 Å². The summed E-state index contributed by atoms with van der Waals surface area (Å²) in [5.74, 6) is 0.221. The minimum Gasteiger partial charge on any atom is -0.370 e. The molecule has 0 aliphatic heterocycles. The largest absolute Gasteiger partial charge is 0.433 e. The van der Waals surface area contributed by atoms with E-state index in [2.05, 4.69) is 10.3 Å². The normalized spacial score (nSPS) is 11.5. The van der Waals surface area contributed by atoms with E-state index in [1.807, 2.05) is 0 Å². The van der Waals surface area contributed by atoms with Crippen LogP contribution in [0.5, 0.6) is 0 Å². The highest BCUT2D eigenvalue weighted by molar-refractivity contribution is 5.35. The van der Waals surface area contributed by atoms with E-state index in [0.717, 1.165) is 6.07 Å². The van der Waals surface area contributed by atoms with Crippen LogP contribution in [0.4, 0.5) is 19.0 Å². The van der Waals surface area contributed by atoms with Gasteiger partial charge in [-0.2, -0.15) is 13.2 Å². The maximum Gasteiger partial charge on any atom is 0.433 e. The van der Waals surface area contributed by atoms with Crippen molar-refractivity contribution in [2.45, 2.75) is 12.6 Å². The molecule has 0 aromatic carbocycles. The second-order valence-corrected chi connectivity index (χ2v) is 2.97. The molecule has 0 spiro atoms. The minimum atomic E-state index is -4.40. The molecule has 0 aliphatic rings. The molecule has 0 fully saturated rings. The fraction of sp³-hybridized carbons (Fsp3) is 0.444. The Balaban J connectivity index is 2.66. The fourth-order valence-corrected chi connectivity index (χ4v) is 1.01. The number of alkyl halides is 3. The lowest BCUT2D eigenvalue weighted by Gasteiger charge is -2.08. The topological polar surface area (TPSA) is 50.9 Å². The Morgan fingerprint density at radius 2 is 2.07 bits per heavy atom. The van der Waals surface area contributed by atoms with Crippen LogP contribution in [0.15, 0.2) is 18.2 Å². The van der Waals surface area contributed by atoms with Gasteiger partial charge in [-0.05, 0) is 25.1 Å². The van der Waals surface area contributed by atoms with E-state index in [0.29, 0.717) is 19.5 Å². The van der Waals surface area contributed by atoms with Gasteiger partial charge >= 0.3 is 6.18 Å². The molecule has 0 bridgehead atoms. The number of nitrogens with zero attached hydrogens (tertiary/aromatic N) is 1. The molecule has 1 heterocycles. The third kappa shape index (κ3) is 3.75. The van der Waals surface area contributed by atoms with Crippen molar-refractivity contribution < 1.29 is 13.2 Å². The number of pyridine rings is 1. The maximum atomic E-state index is 12.2. The quantitative estimate of drug-likeness (QED) is 0.760. The molecule has 1 aromatic heterocycles. The van der Waals surface area contributed by atoms with Gasteiger partial charge in [0.1, 0.15) is 11.5 Å². The summed E-state index contributed by atoms with van der Waals surface area (Å²) >= 11 is 0. The number of halogens is 3. The zero-order valence-electron chi connectivity index (χ0n) is 8.01. The number of rotatable bonds is 4. The highest BCUT2D eigenvalue weighted by atomic mass is 19.4. The third-order valence-electron chi connectivity index (χ3n) is 1.73. The maximum absolute atomic E-state index is 12.2. The zero-order chi connectivity index (χ0) is 11.3. The molecule has 0 unspecified atom stereocenters. The molecule has 0 amide bonds. The Morgan fingerprint density at radius 1 is 1.33 bits per heavy atom. The van der Waals surface area contributed by atoms with Crippen LogP contribution in [-0.2, 0) is 6.18 Å². The van der Waals surface area contributed by atoms with Crippen molar-refractivity contribution in [2.24, 2.45) is 5.73 Å². The molecule has 0 aliphatic carbocycles. The van der Waals surface area contributed by atoms with Crippen LogP contribution in [0, 0.1) is 0 Å². The lowest BCUT2D eigenvalue weighted by Crippen LogP contribution is -2.12. The van der Waals surface area contributed by atoms with Gasteiger partial charge in [0.15, 0.2) is 0 Å². The van der Waals surface area contributed by atoms with Gasteiger partial charge in [0.05, 0.1) is 0 Å². The summed E-state index contributed by atoms with van der Waals surface area (Å²) in [5.41, 5.74) is 4.36. The van der Waals surface area contributed by atoms with Crippen molar-refractivity contribution >= 4 is 5.82 Å². The van der Waals surface area contributed by atoms with Crippen molar-refractivity contribution in [1.29, 1.82) is 0 Å². The van der Waals surface area contributed by atoms with Crippen molar-refractivity contribution in [2.75, 3.05) is 18.4 Å². The second kappa shape index (κ2) is 4.97. The summed E-state index contributed by atoms with van der Waals surface area (Å²) in [6.45, 7) is 1.01. The highest BCUT2D eigenvalue weighted by Crippen LogP contribution is 2.27. The summed E-state index contributed by atoms with van der Waals surface area (Å²) in [4.78, 5) is 3.44. The monoisotopic (exact) mass is 219 g/mol.